The molecule has 0 aromatic rings. The van der Waals surface area contributed by atoms with E-state index < -0.39 is 16.5 Å². The molecule has 1 nitrogen and oxygen atoms in total. The zero-order valence-electron chi connectivity index (χ0n) is 7.75. The summed E-state index contributed by atoms with van der Waals surface area (Å²) in [6.45, 7) is 13.8. The molecule has 0 aromatic carbocycles. The summed E-state index contributed by atoms with van der Waals surface area (Å²) < 4.78 is 4.82. The van der Waals surface area contributed by atoms with Crippen LogP contribution in [0.5, 0.6) is 0 Å². The van der Waals surface area contributed by atoms with Crippen LogP contribution in [0, 0.1) is 0 Å². The van der Waals surface area contributed by atoms with Crippen LogP contribution >= 0.6 is 0 Å². The second-order valence-electron chi connectivity index (χ2n) is 4.45. The van der Waals surface area contributed by atoms with Crippen molar-refractivity contribution in [3.8, 4) is 0 Å². The van der Waals surface area contributed by atoms with E-state index in [-0.39, 0.29) is 22.4 Å². The Morgan fingerprint density at radius 2 is 0.900 bits per heavy atom. The van der Waals surface area contributed by atoms with Crippen LogP contribution in [0.4, 0.5) is 0 Å². The summed E-state index contributed by atoms with van der Waals surface area (Å²) in [5.41, 5.74) is 0. The van der Waals surface area contributed by atoms with Crippen LogP contribution in [-0.4, -0.2) is 16.5 Å². The van der Waals surface area contributed by atoms with Crippen molar-refractivity contribution in [3.05, 3.63) is 4.65 Å². The van der Waals surface area contributed by atoms with Gasteiger partial charge in [0.05, 0.1) is 0 Å². The van der Waals surface area contributed by atoms with Gasteiger partial charge in [-0.05, 0) is 0 Å². The van der Waals surface area contributed by atoms with Gasteiger partial charge in [-0.2, -0.15) is 0 Å². The Labute approximate surface area is 82.7 Å². The molecule has 0 amide bonds. The maximum absolute atomic E-state index is 4.82. The minimum Gasteiger partial charge on any atom is -0.668 e. The fraction of sp³-hybridized carbons (Fsp3) is 1.00. The average Bonchev–Trinajstić information content (AvgIpc) is 1.14. The van der Waals surface area contributed by atoms with Crippen molar-refractivity contribution in [3.63, 3.8) is 0 Å². The summed E-state index contributed by atoms with van der Waals surface area (Å²) in [4.78, 5) is 0. The fourth-order valence-electron chi connectivity index (χ4n) is 1.01. The Balaban J connectivity index is 0. The molecule has 0 radical (unpaired) electrons. The Hall–Kier alpha value is 1.13. The van der Waals surface area contributed by atoms with Crippen LogP contribution in [0.2, 0.25) is 39.3 Å². The first-order valence-electron chi connectivity index (χ1n) is 3.45. The van der Waals surface area contributed by atoms with Crippen molar-refractivity contribution < 1.29 is 22.4 Å². The molecule has 0 aliphatic carbocycles. The van der Waals surface area contributed by atoms with E-state index in [1.165, 1.54) is 0 Å². The van der Waals surface area contributed by atoms with Gasteiger partial charge in [0.1, 0.15) is 0 Å². The summed E-state index contributed by atoms with van der Waals surface area (Å²) >= 11 is 0. The average molecular weight is 268 g/mol. The largest absolute Gasteiger partial charge is 1.00 e. The number of rotatable bonds is 2. The van der Waals surface area contributed by atoms with Crippen LogP contribution in [0.3, 0.4) is 0 Å². The third kappa shape index (κ3) is 11.9. The predicted molar refractivity (Wildman–Crippen MR) is 50.1 cm³/mol. The van der Waals surface area contributed by atoms with Crippen molar-refractivity contribution in [2.75, 3.05) is 0 Å². The monoisotopic (exact) mass is 267 g/mol. The second kappa shape index (κ2) is 4.23. The van der Waals surface area contributed by atoms with E-state index in [0.29, 0.717) is 0 Å². The van der Waals surface area contributed by atoms with Crippen LogP contribution < -0.4 is 0 Å². The SMILES string of the molecule is C[Si](C)(C)[N-][Si](C)(C)C.[Ag+]. The zero-order valence-corrected chi connectivity index (χ0v) is 11.2. The van der Waals surface area contributed by atoms with E-state index in [1.54, 1.807) is 0 Å². The zero-order chi connectivity index (χ0) is 7.71. The topological polar surface area (TPSA) is 14.1 Å². The predicted octanol–water partition coefficient (Wildman–Crippen LogP) is 3.03. The van der Waals surface area contributed by atoms with Gasteiger partial charge in [0.25, 0.3) is 0 Å². The maximum Gasteiger partial charge on any atom is 1.00 e. The molecule has 0 saturated carbocycles. The molecule has 0 heterocycles. The van der Waals surface area contributed by atoms with E-state index in [2.05, 4.69) is 39.3 Å². The Kier molecular flexibility index (Phi) is 5.80. The van der Waals surface area contributed by atoms with Gasteiger partial charge in [-0.3, -0.25) is 0 Å². The van der Waals surface area contributed by atoms with Gasteiger partial charge >= 0.3 is 22.4 Å². The molecule has 0 bridgehead atoms. The standard InChI is InChI=1S/C6H18NSi2.Ag/c1-8(2,3)7-9(4,5)6;/h1-6H3;/q-1;+1. The van der Waals surface area contributed by atoms with Gasteiger partial charge in [-0.1, -0.05) is 55.8 Å². The molecule has 0 rings (SSSR count). The van der Waals surface area contributed by atoms with Gasteiger partial charge in [0, 0.05) is 0 Å². The molecule has 0 aromatic heterocycles. The summed E-state index contributed by atoms with van der Waals surface area (Å²) in [6.07, 6.45) is 0. The first-order chi connectivity index (χ1) is 3.71. The van der Waals surface area contributed by atoms with E-state index in [9.17, 15) is 0 Å². The summed E-state index contributed by atoms with van der Waals surface area (Å²) in [7, 11) is -2.21. The number of nitrogens with zero attached hydrogens (tertiary/aromatic N) is 1. The summed E-state index contributed by atoms with van der Waals surface area (Å²) in [5, 5.41) is 0. The van der Waals surface area contributed by atoms with E-state index >= 15 is 0 Å². The molecular weight excluding hydrogens is 250 g/mol. The minimum atomic E-state index is -1.11. The minimum absolute atomic E-state index is 0. The molecule has 0 atom stereocenters. The molecule has 0 N–H and O–H groups in total. The smallest absolute Gasteiger partial charge is 0.668 e. The molecule has 0 aliphatic rings. The quantitative estimate of drug-likeness (QED) is 0.683. The van der Waals surface area contributed by atoms with Crippen LogP contribution in [0.25, 0.3) is 4.65 Å². The molecule has 10 heavy (non-hydrogen) atoms. The van der Waals surface area contributed by atoms with Crippen molar-refractivity contribution in [2.45, 2.75) is 39.3 Å². The van der Waals surface area contributed by atoms with Gasteiger partial charge in [-0.25, -0.2) is 0 Å². The first kappa shape index (κ1) is 13.7. The van der Waals surface area contributed by atoms with Gasteiger partial charge < -0.3 is 4.65 Å². The van der Waals surface area contributed by atoms with Crippen molar-refractivity contribution in [1.29, 1.82) is 0 Å². The molecule has 0 unspecified atom stereocenters. The van der Waals surface area contributed by atoms with Gasteiger partial charge in [0.2, 0.25) is 0 Å². The molecule has 66 valence electrons. The first-order valence-corrected chi connectivity index (χ1v) is 10.3. The van der Waals surface area contributed by atoms with E-state index in [4.69, 9.17) is 4.65 Å². The third-order valence-electron chi connectivity index (χ3n) is 0.671. The Bertz CT molecular complexity index is 80.9. The number of hydrogen-bond acceptors (Lipinski definition) is 0. The molecular formula is C6H18AgNSi2. The van der Waals surface area contributed by atoms with Crippen LogP contribution in [-0.2, 0) is 22.4 Å². The molecule has 4 heteroatoms. The van der Waals surface area contributed by atoms with Gasteiger partial charge in [0.15, 0.2) is 0 Å². The summed E-state index contributed by atoms with van der Waals surface area (Å²) in [5.74, 6) is 0. The van der Waals surface area contributed by atoms with Crippen molar-refractivity contribution in [2.24, 2.45) is 0 Å². The second-order valence-corrected chi connectivity index (χ2v) is 14.0. The molecule has 0 aliphatic heterocycles. The molecule has 0 spiro atoms. The van der Waals surface area contributed by atoms with Crippen LogP contribution in [0.15, 0.2) is 0 Å². The maximum atomic E-state index is 4.82. The number of hydrogen-bond donors (Lipinski definition) is 0. The van der Waals surface area contributed by atoms with Crippen LogP contribution in [0.1, 0.15) is 0 Å². The van der Waals surface area contributed by atoms with E-state index in [0.717, 1.165) is 0 Å². The third-order valence-corrected chi connectivity index (χ3v) is 6.04. The molecule has 0 saturated heterocycles. The summed E-state index contributed by atoms with van der Waals surface area (Å²) in [6, 6.07) is 0. The van der Waals surface area contributed by atoms with Crippen molar-refractivity contribution in [1.82, 2.24) is 0 Å². The Morgan fingerprint density at radius 1 is 0.700 bits per heavy atom. The van der Waals surface area contributed by atoms with Gasteiger partial charge in [-0.15, -0.1) is 0 Å². The Morgan fingerprint density at radius 3 is 0.900 bits per heavy atom. The molecule has 0 fully saturated rings. The fourth-order valence-corrected chi connectivity index (χ4v) is 9.06. The normalized spacial score (nSPS) is 12.6. The van der Waals surface area contributed by atoms with E-state index in [1.807, 2.05) is 0 Å². The van der Waals surface area contributed by atoms with Crippen molar-refractivity contribution >= 4 is 16.5 Å².